The van der Waals surface area contributed by atoms with Gasteiger partial charge in [0.2, 0.25) is 0 Å². The zero-order valence-corrected chi connectivity index (χ0v) is 8.91. The highest BCUT2D eigenvalue weighted by Crippen LogP contribution is 2.16. The predicted octanol–water partition coefficient (Wildman–Crippen LogP) is 2.83. The van der Waals surface area contributed by atoms with Gasteiger partial charge in [-0.25, -0.2) is 4.39 Å². The van der Waals surface area contributed by atoms with Crippen LogP contribution in [0.2, 0.25) is 0 Å². The van der Waals surface area contributed by atoms with Gasteiger partial charge in [-0.05, 0) is 39.7 Å². The van der Waals surface area contributed by atoms with E-state index in [0.717, 1.165) is 5.56 Å². The molecule has 2 aromatic rings. The summed E-state index contributed by atoms with van der Waals surface area (Å²) in [6, 6.07) is 6.92. The molecule has 1 heterocycles. The van der Waals surface area contributed by atoms with Crippen LogP contribution >= 0.6 is 15.9 Å². The van der Waals surface area contributed by atoms with Crippen molar-refractivity contribution in [2.45, 2.75) is 6.54 Å². The third-order valence-corrected chi connectivity index (χ3v) is 2.53. The Morgan fingerprint density at radius 2 is 2.29 bits per heavy atom. The molecular weight excluding hydrogens is 247 g/mol. The number of nitrogens with zero attached hydrogens (tertiary/aromatic N) is 2. The molecule has 2 rings (SSSR count). The normalized spacial score (nSPS) is 10.4. The number of halogens is 2. The highest BCUT2D eigenvalue weighted by atomic mass is 79.9. The third kappa shape index (κ3) is 2.01. The molecule has 0 spiro atoms. The fourth-order valence-corrected chi connectivity index (χ4v) is 1.47. The van der Waals surface area contributed by atoms with Crippen molar-refractivity contribution < 1.29 is 4.39 Å². The van der Waals surface area contributed by atoms with E-state index in [0.29, 0.717) is 11.0 Å². The number of rotatable bonds is 2. The standard InChI is InChI=1S/C10H8BrFN2/c11-9-3-2-8(6-10(9)12)7-14-5-1-4-13-14/h1-6H,7H2. The SMILES string of the molecule is Fc1cc(Cn2cccn2)ccc1Br. The molecule has 0 bridgehead atoms. The van der Waals surface area contributed by atoms with Gasteiger partial charge < -0.3 is 0 Å². The fraction of sp³-hybridized carbons (Fsp3) is 0.100. The lowest BCUT2D eigenvalue weighted by Gasteiger charge is -2.02. The van der Waals surface area contributed by atoms with E-state index in [1.807, 2.05) is 18.3 Å². The Morgan fingerprint density at radius 3 is 2.93 bits per heavy atom. The molecule has 72 valence electrons. The molecule has 0 radical (unpaired) electrons. The van der Waals surface area contributed by atoms with Crippen LogP contribution in [-0.2, 0) is 6.54 Å². The molecule has 0 saturated carbocycles. The minimum Gasteiger partial charge on any atom is -0.268 e. The Kier molecular flexibility index (Phi) is 2.63. The van der Waals surface area contributed by atoms with Crippen LogP contribution in [0.5, 0.6) is 0 Å². The van der Waals surface area contributed by atoms with E-state index in [9.17, 15) is 4.39 Å². The van der Waals surface area contributed by atoms with Gasteiger partial charge in [0.15, 0.2) is 0 Å². The first-order chi connectivity index (χ1) is 6.75. The summed E-state index contributed by atoms with van der Waals surface area (Å²) in [5.41, 5.74) is 0.898. The average molecular weight is 255 g/mol. The van der Waals surface area contributed by atoms with E-state index in [-0.39, 0.29) is 5.82 Å². The van der Waals surface area contributed by atoms with E-state index in [1.54, 1.807) is 16.9 Å². The Hall–Kier alpha value is -1.16. The Bertz CT molecular complexity index is 426. The Labute approximate surface area is 89.5 Å². The van der Waals surface area contributed by atoms with Crippen molar-refractivity contribution in [3.8, 4) is 0 Å². The first kappa shape index (κ1) is 9.40. The monoisotopic (exact) mass is 254 g/mol. The van der Waals surface area contributed by atoms with Crippen molar-refractivity contribution in [3.05, 3.63) is 52.5 Å². The number of aromatic nitrogens is 2. The molecule has 0 aliphatic carbocycles. The van der Waals surface area contributed by atoms with Gasteiger partial charge in [-0.1, -0.05) is 6.07 Å². The second kappa shape index (κ2) is 3.92. The van der Waals surface area contributed by atoms with Gasteiger partial charge in [0, 0.05) is 12.4 Å². The summed E-state index contributed by atoms with van der Waals surface area (Å²) in [7, 11) is 0. The summed E-state index contributed by atoms with van der Waals surface area (Å²) in [6.45, 7) is 0.594. The quantitative estimate of drug-likeness (QED) is 0.806. The molecule has 0 unspecified atom stereocenters. The first-order valence-corrected chi connectivity index (χ1v) is 4.96. The molecule has 0 N–H and O–H groups in total. The minimum absolute atomic E-state index is 0.241. The lowest BCUT2D eigenvalue weighted by atomic mass is 10.2. The maximum atomic E-state index is 13.1. The summed E-state index contributed by atoms with van der Waals surface area (Å²) >= 11 is 3.11. The van der Waals surface area contributed by atoms with Crippen molar-refractivity contribution in [2.75, 3.05) is 0 Å². The molecule has 14 heavy (non-hydrogen) atoms. The molecular formula is C10H8BrFN2. The van der Waals surface area contributed by atoms with Gasteiger partial charge in [-0.3, -0.25) is 4.68 Å². The van der Waals surface area contributed by atoms with Crippen LogP contribution < -0.4 is 0 Å². The van der Waals surface area contributed by atoms with Crippen LogP contribution in [0.15, 0.2) is 41.1 Å². The number of hydrogen-bond acceptors (Lipinski definition) is 1. The minimum atomic E-state index is -0.241. The number of hydrogen-bond donors (Lipinski definition) is 0. The lowest BCUT2D eigenvalue weighted by Crippen LogP contribution is -2.00. The van der Waals surface area contributed by atoms with E-state index >= 15 is 0 Å². The van der Waals surface area contributed by atoms with Gasteiger partial charge >= 0.3 is 0 Å². The average Bonchev–Trinajstić information content (AvgIpc) is 2.64. The molecule has 1 aromatic heterocycles. The van der Waals surface area contributed by atoms with Crippen LogP contribution in [0.3, 0.4) is 0 Å². The fourth-order valence-electron chi connectivity index (χ4n) is 1.22. The van der Waals surface area contributed by atoms with Gasteiger partial charge in [-0.15, -0.1) is 0 Å². The maximum absolute atomic E-state index is 13.1. The molecule has 0 fully saturated rings. The lowest BCUT2D eigenvalue weighted by molar-refractivity contribution is 0.613. The van der Waals surface area contributed by atoms with Crippen LogP contribution in [-0.4, -0.2) is 9.78 Å². The van der Waals surface area contributed by atoms with Crippen LogP contribution in [0, 0.1) is 5.82 Å². The van der Waals surface area contributed by atoms with Crippen molar-refractivity contribution in [1.29, 1.82) is 0 Å². The van der Waals surface area contributed by atoms with Crippen molar-refractivity contribution in [3.63, 3.8) is 0 Å². The van der Waals surface area contributed by atoms with Gasteiger partial charge in [-0.2, -0.15) is 5.10 Å². The van der Waals surface area contributed by atoms with Crippen molar-refractivity contribution in [1.82, 2.24) is 9.78 Å². The molecule has 0 amide bonds. The highest BCUT2D eigenvalue weighted by Gasteiger charge is 2.00. The molecule has 1 aromatic carbocycles. The molecule has 4 heteroatoms. The van der Waals surface area contributed by atoms with Gasteiger partial charge in [0.1, 0.15) is 5.82 Å². The zero-order chi connectivity index (χ0) is 9.97. The molecule has 0 atom stereocenters. The molecule has 0 aliphatic heterocycles. The summed E-state index contributed by atoms with van der Waals surface area (Å²) in [5, 5.41) is 4.05. The third-order valence-electron chi connectivity index (χ3n) is 1.89. The first-order valence-electron chi connectivity index (χ1n) is 4.17. The highest BCUT2D eigenvalue weighted by molar-refractivity contribution is 9.10. The zero-order valence-electron chi connectivity index (χ0n) is 7.32. The second-order valence-corrected chi connectivity index (χ2v) is 3.81. The predicted molar refractivity (Wildman–Crippen MR) is 55.4 cm³/mol. The molecule has 2 nitrogen and oxygen atoms in total. The van der Waals surface area contributed by atoms with Crippen LogP contribution in [0.25, 0.3) is 0 Å². The van der Waals surface area contributed by atoms with Gasteiger partial charge in [0.05, 0.1) is 11.0 Å². The van der Waals surface area contributed by atoms with Crippen molar-refractivity contribution >= 4 is 15.9 Å². The summed E-state index contributed by atoms with van der Waals surface area (Å²) in [5.74, 6) is -0.241. The van der Waals surface area contributed by atoms with E-state index in [2.05, 4.69) is 21.0 Å². The van der Waals surface area contributed by atoms with Crippen LogP contribution in [0.4, 0.5) is 4.39 Å². The van der Waals surface area contributed by atoms with E-state index < -0.39 is 0 Å². The summed E-state index contributed by atoms with van der Waals surface area (Å²) < 4.78 is 15.4. The smallest absolute Gasteiger partial charge is 0.137 e. The molecule has 0 saturated heterocycles. The summed E-state index contributed by atoms with van der Waals surface area (Å²) in [4.78, 5) is 0. The molecule has 0 aliphatic rings. The summed E-state index contributed by atoms with van der Waals surface area (Å²) in [6.07, 6.45) is 3.55. The maximum Gasteiger partial charge on any atom is 0.137 e. The van der Waals surface area contributed by atoms with E-state index in [1.165, 1.54) is 6.07 Å². The number of benzene rings is 1. The van der Waals surface area contributed by atoms with Crippen molar-refractivity contribution in [2.24, 2.45) is 0 Å². The van der Waals surface area contributed by atoms with E-state index in [4.69, 9.17) is 0 Å². The topological polar surface area (TPSA) is 17.8 Å². The Morgan fingerprint density at radius 1 is 1.43 bits per heavy atom. The van der Waals surface area contributed by atoms with Crippen LogP contribution in [0.1, 0.15) is 5.56 Å². The Balaban J connectivity index is 2.22. The van der Waals surface area contributed by atoms with Gasteiger partial charge in [0.25, 0.3) is 0 Å². The largest absolute Gasteiger partial charge is 0.268 e. The second-order valence-electron chi connectivity index (χ2n) is 2.95.